The van der Waals surface area contributed by atoms with E-state index in [4.69, 9.17) is 5.48 Å². The van der Waals surface area contributed by atoms with Gasteiger partial charge < -0.3 is 4.90 Å². The van der Waals surface area contributed by atoms with E-state index in [9.17, 15) is 0 Å². The van der Waals surface area contributed by atoms with Crippen molar-refractivity contribution < 1.29 is 5.48 Å². The fourth-order valence-corrected chi connectivity index (χ4v) is 2.16. The van der Waals surface area contributed by atoms with Gasteiger partial charge in [-0.3, -0.25) is 0 Å². The van der Waals surface area contributed by atoms with E-state index in [1.807, 2.05) is 60.7 Å². The molecule has 0 spiro atoms. The molecule has 3 rings (SSSR count). The first kappa shape index (κ1) is 8.98. The summed E-state index contributed by atoms with van der Waals surface area (Å²) in [7, 11) is 0. The second-order valence-electron chi connectivity index (χ2n) is 4.17. The Morgan fingerprint density at radius 1 is 0.650 bits per heavy atom. The van der Waals surface area contributed by atoms with Crippen LogP contribution in [0.5, 0.6) is 0 Å². The highest BCUT2D eigenvalue weighted by molar-refractivity contribution is 9.10. The van der Waals surface area contributed by atoms with Crippen LogP contribution in [-0.2, 0) is 0 Å². The molecule has 0 aromatic heterocycles. The number of para-hydroxylation sites is 2. The van der Waals surface area contributed by atoms with Crippen molar-refractivity contribution in [1.82, 2.24) is 0 Å². The number of benzene rings is 3. The van der Waals surface area contributed by atoms with Gasteiger partial charge >= 0.3 is 0 Å². The number of anilines is 3. The SMILES string of the molecule is [2H]c1c([2H])c(N(c2ccccc2)c2ccccc2)c([2H])c([2H])c1Br. The first-order valence-corrected chi connectivity index (χ1v) is 6.97. The summed E-state index contributed by atoms with van der Waals surface area (Å²) >= 11 is 3.14. The molecule has 0 bridgehead atoms. The molecule has 0 heterocycles. The first-order valence-electron chi connectivity index (χ1n) is 8.18. The molecule has 0 aliphatic heterocycles. The van der Waals surface area contributed by atoms with Crippen LogP contribution in [0.25, 0.3) is 0 Å². The average Bonchev–Trinajstić information content (AvgIpc) is 2.63. The van der Waals surface area contributed by atoms with Crippen LogP contribution in [0.4, 0.5) is 17.1 Å². The predicted molar refractivity (Wildman–Crippen MR) is 88.8 cm³/mol. The van der Waals surface area contributed by atoms with Crippen LogP contribution < -0.4 is 4.90 Å². The zero-order valence-electron chi connectivity index (χ0n) is 14.6. The van der Waals surface area contributed by atoms with E-state index in [-0.39, 0.29) is 34.3 Å². The monoisotopic (exact) mass is 327 g/mol. The van der Waals surface area contributed by atoms with E-state index in [0.717, 1.165) is 11.4 Å². The molecule has 0 N–H and O–H groups in total. The van der Waals surface area contributed by atoms with Gasteiger partial charge in [0.2, 0.25) is 0 Å². The van der Waals surface area contributed by atoms with Crippen molar-refractivity contribution >= 4 is 33.0 Å². The summed E-state index contributed by atoms with van der Waals surface area (Å²) in [5.74, 6) is 0. The van der Waals surface area contributed by atoms with Gasteiger partial charge in [-0.25, -0.2) is 0 Å². The third-order valence-corrected chi connectivity index (χ3v) is 3.23. The number of rotatable bonds is 3. The Kier molecular flexibility index (Phi) is 2.66. The van der Waals surface area contributed by atoms with Gasteiger partial charge in [0.25, 0.3) is 0 Å². The summed E-state index contributed by atoms with van der Waals surface area (Å²) in [6.45, 7) is 0. The molecule has 0 fully saturated rings. The third-order valence-electron chi connectivity index (χ3n) is 2.83. The van der Waals surface area contributed by atoms with Crippen molar-refractivity contribution in [2.75, 3.05) is 4.90 Å². The van der Waals surface area contributed by atoms with Gasteiger partial charge in [0.15, 0.2) is 0 Å². The molecule has 2 heteroatoms. The van der Waals surface area contributed by atoms with Crippen molar-refractivity contribution in [3.8, 4) is 0 Å². The summed E-state index contributed by atoms with van der Waals surface area (Å²) in [4.78, 5) is 1.74. The van der Waals surface area contributed by atoms with Crippen molar-refractivity contribution in [3.05, 3.63) is 89.3 Å². The summed E-state index contributed by atoms with van der Waals surface area (Å²) in [6.07, 6.45) is 0. The zero-order chi connectivity index (χ0) is 17.3. The van der Waals surface area contributed by atoms with Crippen molar-refractivity contribution in [3.63, 3.8) is 0 Å². The first-order chi connectivity index (χ1) is 11.5. The lowest BCUT2D eigenvalue weighted by Gasteiger charge is -2.25. The molecule has 98 valence electrons. The number of hydrogen-bond acceptors (Lipinski definition) is 1. The lowest BCUT2D eigenvalue weighted by Crippen LogP contribution is -2.09. The normalized spacial score (nSPS) is 13.1. The number of hydrogen-bond donors (Lipinski definition) is 0. The number of halogens is 1. The van der Waals surface area contributed by atoms with Gasteiger partial charge in [-0.15, -0.1) is 0 Å². The molecule has 20 heavy (non-hydrogen) atoms. The van der Waals surface area contributed by atoms with Crippen molar-refractivity contribution in [1.29, 1.82) is 0 Å². The second-order valence-corrected chi connectivity index (χ2v) is 4.96. The maximum absolute atomic E-state index is 8.34. The van der Waals surface area contributed by atoms with Crippen LogP contribution in [0.1, 0.15) is 5.48 Å². The molecule has 3 aromatic carbocycles. The molecule has 3 aromatic rings. The molecule has 0 atom stereocenters. The molecule has 0 aliphatic rings. The highest BCUT2D eigenvalue weighted by atomic mass is 79.9. The molecule has 1 nitrogen and oxygen atoms in total. The minimum atomic E-state index is -0.0946. The van der Waals surface area contributed by atoms with E-state index in [1.54, 1.807) is 4.90 Å². The third kappa shape index (κ3) is 2.75. The Morgan fingerprint density at radius 2 is 1.10 bits per heavy atom. The van der Waals surface area contributed by atoms with Crippen LogP contribution in [0.15, 0.2) is 89.3 Å². The molecule has 0 unspecified atom stereocenters. The Bertz CT molecular complexity index is 801. The van der Waals surface area contributed by atoms with Crippen LogP contribution >= 0.6 is 15.9 Å². The van der Waals surface area contributed by atoms with E-state index in [0.29, 0.717) is 0 Å². The summed E-state index contributed by atoms with van der Waals surface area (Å²) < 4.78 is 33.0. The van der Waals surface area contributed by atoms with Gasteiger partial charge in [-0.2, -0.15) is 0 Å². The summed E-state index contributed by atoms with van der Waals surface area (Å²) in [6, 6.07) is 18.4. The lowest BCUT2D eigenvalue weighted by atomic mass is 10.2. The Hall–Kier alpha value is -2.06. The largest absolute Gasteiger partial charge is 0.311 e. The highest BCUT2D eigenvalue weighted by Gasteiger charge is 2.10. The topological polar surface area (TPSA) is 3.24 Å². The summed E-state index contributed by atoms with van der Waals surface area (Å²) in [5.41, 5.74) is 1.77. The van der Waals surface area contributed by atoms with E-state index >= 15 is 0 Å². The van der Waals surface area contributed by atoms with Crippen molar-refractivity contribution in [2.45, 2.75) is 0 Å². The van der Waals surface area contributed by atoms with Crippen molar-refractivity contribution in [2.24, 2.45) is 0 Å². The molecule has 0 aliphatic carbocycles. The van der Waals surface area contributed by atoms with Gasteiger partial charge in [-0.05, 0) is 48.4 Å². The maximum Gasteiger partial charge on any atom is 0.0645 e. The minimum absolute atomic E-state index is 0.0874. The van der Waals surface area contributed by atoms with Gasteiger partial charge in [-0.1, -0.05) is 52.3 Å². The molecular formula is C18H14BrN. The lowest BCUT2D eigenvalue weighted by molar-refractivity contribution is 1.28. The molecule has 0 saturated carbocycles. The Morgan fingerprint density at radius 3 is 1.55 bits per heavy atom. The van der Waals surface area contributed by atoms with E-state index < -0.39 is 0 Å². The quantitative estimate of drug-likeness (QED) is 0.577. The number of nitrogens with zero attached hydrogens (tertiary/aromatic N) is 1. The fraction of sp³-hybridized carbons (Fsp3) is 0. The molecular weight excluding hydrogens is 310 g/mol. The Labute approximate surface area is 133 Å². The van der Waals surface area contributed by atoms with Gasteiger partial charge in [0.1, 0.15) is 0 Å². The second kappa shape index (κ2) is 5.93. The fourth-order valence-electron chi connectivity index (χ4n) is 1.96. The smallest absolute Gasteiger partial charge is 0.0645 e. The summed E-state index contributed by atoms with van der Waals surface area (Å²) in [5, 5.41) is 0. The minimum Gasteiger partial charge on any atom is -0.311 e. The van der Waals surface area contributed by atoms with Crippen LogP contribution in [0, 0.1) is 0 Å². The zero-order valence-corrected chi connectivity index (χ0v) is 12.2. The van der Waals surface area contributed by atoms with E-state index in [2.05, 4.69) is 15.9 Å². The predicted octanol–water partition coefficient (Wildman–Crippen LogP) is 5.92. The van der Waals surface area contributed by atoms with Gasteiger partial charge in [0, 0.05) is 21.5 Å². The molecule has 0 radical (unpaired) electrons. The average molecular weight is 328 g/mol. The van der Waals surface area contributed by atoms with E-state index in [1.165, 1.54) is 0 Å². The standard InChI is InChI=1S/C18H14BrN/c19-15-11-13-18(14-12-15)20(16-7-3-1-4-8-16)17-9-5-2-6-10-17/h1-14H/i11D,12D,13D,14D. The van der Waals surface area contributed by atoms with Crippen LogP contribution in [0.3, 0.4) is 0 Å². The van der Waals surface area contributed by atoms with Crippen LogP contribution in [-0.4, -0.2) is 0 Å². The maximum atomic E-state index is 8.34. The highest BCUT2D eigenvalue weighted by Crippen LogP contribution is 2.34. The molecule has 0 saturated heterocycles. The molecule has 0 amide bonds. The van der Waals surface area contributed by atoms with Crippen LogP contribution in [0.2, 0.25) is 0 Å². The Balaban J connectivity index is 2.33. The van der Waals surface area contributed by atoms with Gasteiger partial charge in [0.05, 0.1) is 5.48 Å².